The fourth-order valence-corrected chi connectivity index (χ4v) is 4.31. The molecule has 160 valence electrons. The number of amides is 2. The normalized spacial score (nSPS) is 18.1. The summed E-state index contributed by atoms with van der Waals surface area (Å²) >= 11 is 0. The Morgan fingerprint density at radius 3 is 2.28 bits per heavy atom. The quantitative estimate of drug-likeness (QED) is 0.704. The van der Waals surface area contributed by atoms with Crippen LogP contribution in [0.25, 0.3) is 0 Å². The molecule has 0 radical (unpaired) electrons. The number of carbonyl (C=O) groups is 2. The summed E-state index contributed by atoms with van der Waals surface area (Å²) in [6, 6.07) is 6.14. The van der Waals surface area contributed by atoms with Gasteiger partial charge in [-0.25, -0.2) is 0 Å². The minimum Gasteiger partial charge on any atom is -0.492 e. The van der Waals surface area contributed by atoms with Crippen LogP contribution < -0.4 is 4.74 Å². The summed E-state index contributed by atoms with van der Waals surface area (Å²) in [5.74, 6) is 1.52. The van der Waals surface area contributed by atoms with E-state index in [9.17, 15) is 9.59 Å². The molecule has 1 aromatic rings. The Morgan fingerprint density at radius 1 is 1.03 bits per heavy atom. The van der Waals surface area contributed by atoms with Gasteiger partial charge in [-0.2, -0.15) is 0 Å². The van der Waals surface area contributed by atoms with Crippen LogP contribution in [0.1, 0.15) is 36.8 Å². The lowest BCUT2D eigenvalue weighted by molar-refractivity contribution is -0.138. The number of piperazine rings is 1. The van der Waals surface area contributed by atoms with Crippen LogP contribution in [0.15, 0.2) is 18.2 Å². The fourth-order valence-electron chi connectivity index (χ4n) is 4.31. The first-order valence-electron chi connectivity index (χ1n) is 10.9. The second kappa shape index (κ2) is 10.1. The van der Waals surface area contributed by atoms with Gasteiger partial charge in [0.1, 0.15) is 12.4 Å². The smallest absolute Gasteiger partial charge is 0.236 e. The zero-order chi connectivity index (χ0) is 20.8. The third kappa shape index (κ3) is 6.20. The van der Waals surface area contributed by atoms with Crippen LogP contribution in [0.4, 0.5) is 0 Å². The molecule has 1 saturated carbocycles. The van der Waals surface area contributed by atoms with Gasteiger partial charge in [0.15, 0.2) is 0 Å². The highest BCUT2D eigenvalue weighted by Gasteiger charge is 2.29. The van der Waals surface area contributed by atoms with Gasteiger partial charge in [-0.1, -0.05) is 18.9 Å². The number of benzene rings is 1. The molecule has 29 heavy (non-hydrogen) atoms. The highest BCUT2D eigenvalue weighted by Crippen LogP contribution is 2.26. The van der Waals surface area contributed by atoms with Crippen molar-refractivity contribution >= 4 is 11.8 Å². The Morgan fingerprint density at radius 2 is 1.66 bits per heavy atom. The molecular formula is C23H35N3O3. The average Bonchev–Trinajstić information content (AvgIpc) is 3.22. The average molecular weight is 402 g/mol. The van der Waals surface area contributed by atoms with Crippen LogP contribution in [-0.4, -0.2) is 79.4 Å². The Bertz CT molecular complexity index is 687. The van der Waals surface area contributed by atoms with E-state index in [2.05, 4.69) is 24.8 Å². The Labute approximate surface area is 174 Å². The maximum atomic E-state index is 12.5. The van der Waals surface area contributed by atoms with Gasteiger partial charge < -0.3 is 14.5 Å². The van der Waals surface area contributed by atoms with Gasteiger partial charge in [-0.05, 0) is 49.9 Å². The lowest BCUT2D eigenvalue weighted by Crippen LogP contribution is -2.52. The monoisotopic (exact) mass is 401 g/mol. The van der Waals surface area contributed by atoms with Crippen LogP contribution in [0.3, 0.4) is 0 Å². The largest absolute Gasteiger partial charge is 0.492 e. The SMILES string of the molecule is Cc1cc(C)cc(OCCN(C)C(=O)CN2CCN(C(=O)C3CCCC3)CC2)c1. The standard InChI is InChI=1S/C23H35N3O3/c1-18-14-19(2)16-21(15-18)29-13-12-24(3)22(27)17-25-8-10-26(11-9-25)23(28)20-6-4-5-7-20/h14-16,20H,4-13,17H2,1-3H3. The first kappa shape index (κ1) is 21.6. The van der Waals surface area contributed by atoms with E-state index in [4.69, 9.17) is 4.74 Å². The summed E-state index contributed by atoms with van der Waals surface area (Å²) in [6.45, 7) is 8.58. The number of hydrogen-bond donors (Lipinski definition) is 0. The third-order valence-electron chi connectivity index (χ3n) is 6.06. The van der Waals surface area contributed by atoms with Gasteiger partial charge in [0.25, 0.3) is 0 Å². The van der Waals surface area contributed by atoms with E-state index in [-0.39, 0.29) is 11.8 Å². The van der Waals surface area contributed by atoms with Crippen molar-refractivity contribution in [2.75, 3.05) is 52.9 Å². The van der Waals surface area contributed by atoms with Crippen molar-refractivity contribution in [1.82, 2.24) is 14.7 Å². The maximum absolute atomic E-state index is 12.5. The van der Waals surface area contributed by atoms with Crippen molar-refractivity contribution in [1.29, 1.82) is 0 Å². The molecule has 1 aliphatic heterocycles. The molecule has 0 bridgehead atoms. The lowest BCUT2D eigenvalue weighted by atomic mass is 10.1. The van der Waals surface area contributed by atoms with Crippen LogP contribution in [0, 0.1) is 19.8 Å². The van der Waals surface area contributed by atoms with Crippen molar-refractivity contribution < 1.29 is 14.3 Å². The topological polar surface area (TPSA) is 53.1 Å². The number of aryl methyl sites for hydroxylation is 2. The predicted molar refractivity (Wildman–Crippen MR) is 114 cm³/mol. The Kier molecular flexibility index (Phi) is 7.53. The molecule has 6 heteroatoms. The van der Waals surface area contributed by atoms with Crippen LogP contribution in [0.2, 0.25) is 0 Å². The minimum atomic E-state index is 0.101. The highest BCUT2D eigenvalue weighted by molar-refractivity contribution is 5.79. The second-order valence-electron chi connectivity index (χ2n) is 8.57. The first-order chi connectivity index (χ1) is 13.9. The molecule has 0 unspecified atom stereocenters. The molecule has 1 aliphatic carbocycles. The molecule has 1 heterocycles. The third-order valence-corrected chi connectivity index (χ3v) is 6.06. The maximum Gasteiger partial charge on any atom is 0.236 e. The lowest BCUT2D eigenvalue weighted by Gasteiger charge is -2.36. The summed E-state index contributed by atoms with van der Waals surface area (Å²) in [6.07, 6.45) is 4.47. The molecule has 3 rings (SSSR count). The van der Waals surface area contributed by atoms with Crippen molar-refractivity contribution in [3.8, 4) is 5.75 Å². The molecule has 1 aromatic carbocycles. The summed E-state index contributed by atoms with van der Waals surface area (Å²) in [5.41, 5.74) is 2.35. The number of hydrogen-bond acceptors (Lipinski definition) is 4. The summed E-state index contributed by atoms with van der Waals surface area (Å²) in [7, 11) is 1.83. The minimum absolute atomic E-state index is 0.101. The molecule has 6 nitrogen and oxygen atoms in total. The molecule has 1 saturated heterocycles. The predicted octanol–water partition coefficient (Wildman–Crippen LogP) is 2.48. The fraction of sp³-hybridized carbons (Fsp3) is 0.652. The van der Waals surface area contributed by atoms with Crippen molar-refractivity contribution in [3.63, 3.8) is 0 Å². The summed E-state index contributed by atoms with van der Waals surface area (Å²) < 4.78 is 5.82. The summed E-state index contributed by atoms with van der Waals surface area (Å²) in [5, 5.41) is 0. The van der Waals surface area contributed by atoms with Crippen LogP contribution in [0.5, 0.6) is 5.75 Å². The highest BCUT2D eigenvalue weighted by atomic mass is 16.5. The Hall–Kier alpha value is -2.08. The van der Waals surface area contributed by atoms with E-state index in [0.717, 1.165) is 44.8 Å². The first-order valence-corrected chi connectivity index (χ1v) is 10.9. The van der Waals surface area contributed by atoms with Crippen LogP contribution in [-0.2, 0) is 9.59 Å². The van der Waals surface area contributed by atoms with E-state index in [1.807, 2.05) is 24.1 Å². The van der Waals surface area contributed by atoms with Gasteiger partial charge in [-0.3, -0.25) is 14.5 Å². The molecule has 0 aromatic heterocycles. The van der Waals surface area contributed by atoms with Crippen molar-refractivity contribution in [2.24, 2.45) is 5.92 Å². The van der Waals surface area contributed by atoms with Crippen molar-refractivity contribution in [2.45, 2.75) is 39.5 Å². The van der Waals surface area contributed by atoms with Gasteiger partial charge in [0.05, 0.1) is 13.1 Å². The number of likely N-dealkylation sites (N-methyl/N-ethyl adjacent to an activating group) is 1. The van der Waals surface area contributed by atoms with Gasteiger partial charge in [-0.15, -0.1) is 0 Å². The molecule has 0 atom stereocenters. The van der Waals surface area contributed by atoms with E-state index < -0.39 is 0 Å². The van der Waals surface area contributed by atoms with E-state index >= 15 is 0 Å². The molecule has 0 spiro atoms. The van der Waals surface area contributed by atoms with Gasteiger partial charge in [0.2, 0.25) is 11.8 Å². The van der Waals surface area contributed by atoms with E-state index in [1.54, 1.807) is 4.90 Å². The summed E-state index contributed by atoms with van der Waals surface area (Å²) in [4.78, 5) is 31.0. The van der Waals surface area contributed by atoms with Crippen molar-refractivity contribution in [3.05, 3.63) is 29.3 Å². The molecule has 0 N–H and O–H groups in total. The van der Waals surface area contributed by atoms with E-state index in [1.165, 1.54) is 24.0 Å². The van der Waals surface area contributed by atoms with Gasteiger partial charge >= 0.3 is 0 Å². The molecular weight excluding hydrogens is 366 g/mol. The number of nitrogens with zero attached hydrogens (tertiary/aromatic N) is 3. The Balaban J connectivity index is 1.36. The van der Waals surface area contributed by atoms with E-state index in [0.29, 0.717) is 25.6 Å². The zero-order valence-electron chi connectivity index (χ0n) is 18.2. The van der Waals surface area contributed by atoms with Gasteiger partial charge in [0, 0.05) is 39.1 Å². The van der Waals surface area contributed by atoms with Crippen LogP contribution >= 0.6 is 0 Å². The molecule has 2 aliphatic rings. The number of rotatable bonds is 7. The zero-order valence-corrected chi connectivity index (χ0v) is 18.2. The second-order valence-corrected chi connectivity index (χ2v) is 8.57. The molecule has 2 amide bonds. The number of ether oxygens (including phenoxy) is 1. The number of carbonyl (C=O) groups excluding carboxylic acids is 2. The molecule has 2 fully saturated rings.